The smallest absolute Gasteiger partial charge is 0.0443 e. The predicted octanol–water partition coefficient (Wildman–Crippen LogP) is 4.88. The van der Waals surface area contributed by atoms with Gasteiger partial charge in [0.1, 0.15) is 0 Å². The predicted molar refractivity (Wildman–Crippen MR) is 84.2 cm³/mol. The third-order valence-corrected chi connectivity index (χ3v) is 4.51. The Bertz CT molecular complexity index is 394. The SMILES string of the molecule is CN(C)CCCc1ccc(C2CCCCC2)c(Cl)c1. The maximum atomic E-state index is 6.49. The summed E-state index contributed by atoms with van der Waals surface area (Å²) in [5.41, 5.74) is 2.77. The number of hydrogen-bond donors (Lipinski definition) is 0. The molecule has 0 N–H and O–H groups in total. The maximum absolute atomic E-state index is 6.49. The summed E-state index contributed by atoms with van der Waals surface area (Å²) in [6.07, 6.45) is 9.10. The fourth-order valence-electron chi connectivity index (χ4n) is 3.07. The zero-order valence-corrected chi connectivity index (χ0v) is 13.0. The van der Waals surface area contributed by atoms with E-state index in [-0.39, 0.29) is 0 Å². The van der Waals surface area contributed by atoms with Gasteiger partial charge in [-0.15, -0.1) is 0 Å². The largest absolute Gasteiger partial charge is 0.309 e. The molecule has 0 atom stereocenters. The topological polar surface area (TPSA) is 3.24 Å². The Morgan fingerprint density at radius 1 is 1.16 bits per heavy atom. The monoisotopic (exact) mass is 279 g/mol. The molecule has 2 heteroatoms. The molecule has 0 unspecified atom stereocenters. The highest BCUT2D eigenvalue weighted by molar-refractivity contribution is 6.31. The van der Waals surface area contributed by atoms with Crippen LogP contribution in [-0.2, 0) is 6.42 Å². The highest BCUT2D eigenvalue weighted by atomic mass is 35.5. The molecule has 19 heavy (non-hydrogen) atoms. The molecule has 1 fully saturated rings. The summed E-state index contributed by atoms with van der Waals surface area (Å²) in [5, 5.41) is 0.995. The van der Waals surface area contributed by atoms with Crippen molar-refractivity contribution in [2.45, 2.75) is 50.9 Å². The summed E-state index contributed by atoms with van der Waals surface area (Å²) >= 11 is 6.49. The van der Waals surface area contributed by atoms with Crippen molar-refractivity contribution in [1.29, 1.82) is 0 Å². The molecule has 1 aliphatic rings. The Morgan fingerprint density at radius 2 is 1.89 bits per heavy atom. The van der Waals surface area contributed by atoms with E-state index in [0.29, 0.717) is 5.92 Å². The van der Waals surface area contributed by atoms with Crippen LogP contribution in [0.2, 0.25) is 5.02 Å². The van der Waals surface area contributed by atoms with Gasteiger partial charge in [-0.1, -0.05) is 43.0 Å². The third kappa shape index (κ3) is 4.50. The lowest BCUT2D eigenvalue weighted by molar-refractivity contribution is 0.400. The number of aryl methyl sites for hydroxylation is 1. The molecule has 1 aliphatic carbocycles. The zero-order chi connectivity index (χ0) is 13.7. The first-order valence-corrected chi connectivity index (χ1v) is 7.97. The number of hydrogen-bond acceptors (Lipinski definition) is 1. The summed E-state index contributed by atoms with van der Waals surface area (Å²) < 4.78 is 0. The molecule has 0 saturated heterocycles. The van der Waals surface area contributed by atoms with Crippen LogP contribution in [0.4, 0.5) is 0 Å². The average Bonchev–Trinajstić information content (AvgIpc) is 2.39. The third-order valence-electron chi connectivity index (χ3n) is 4.18. The van der Waals surface area contributed by atoms with E-state index in [1.807, 2.05) is 0 Å². The van der Waals surface area contributed by atoms with Crippen molar-refractivity contribution in [1.82, 2.24) is 4.90 Å². The first kappa shape index (κ1) is 14.9. The van der Waals surface area contributed by atoms with E-state index >= 15 is 0 Å². The molecule has 1 nitrogen and oxygen atoms in total. The van der Waals surface area contributed by atoms with Crippen molar-refractivity contribution in [3.8, 4) is 0 Å². The lowest BCUT2D eigenvalue weighted by Crippen LogP contribution is -2.13. The van der Waals surface area contributed by atoms with Gasteiger partial charge in [-0.2, -0.15) is 0 Å². The molecular formula is C17H26ClN. The van der Waals surface area contributed by atoms with Crippen molar-refractivity contribution >= 4 is 11.6 Å². The molecule has 0 radical (unpaired) electrons. The van der Waals surface area contributed by atoms with Crippen LogP contribution < -0.4 is 0 Å². The first-order valence-electron chi connectivity index (χ1n) is 7.60. The quantitative estimate of drug-likeness (QED) is 0.742. The van der Waals surface area contributed by atoms with Crippen LogP contribution in [0.1, 0.15) is 55.6 Å². The summed E-state index contributed by atoms with van der Waals surface area (Å²) in [5.74, 6) is 0.706. The molecule has 0 bridgehead atoms. The Hall–Kier alpha value is -0.530. The van der Waals surface area contributed by atoms with E-state index in [0.717, 1.165) is 18.0 Å². The van der Waals surface area contributed by atoms with Gasteiger partial charge in [0.25, 0.3) is 0 Å². The van der Waals surface area contributed by atoms with Crippen LogP contribution in [0.3, 0.4) is 0 Å². The molecule has 0 aliphatic heterocycles. The van der Waals surface area contributed by atoms with Gasteiger partial charge < -0.3 is 4.90 Å². The maximum Gasteiger partial charge on any atom is 0.0443 e. The van der Waals surface area contributed by atoms with Crippen molar-refractivity contribution in [3.05, 3.63) is 34.3 Å². The van der Waals surface area contributed by atoms with E-state index in [9.17, 15) is 0 Å². The Morgan fingerprint density at radius 3 is 2.53 bits per heavy atom. The van der Waals surface area contributed by atoms with Gasteiger partial charge in [0.05, 0.1) is 0 Å². The number of nitrogens with zero attached hydrogens (tertiary/aromatic N) is 1. The zero-order valence-electron chi connectivity index (χ0n) is 12.3. The normalized spacial score (nSPS) is 17.1. The summed E-state index contributed by atoms with van der Waals surface area (Å²) in [6.45, 7) is 1.14. The molecule has 0 amide bonds. The number of rotatable bonds is 5. The highest BCUT2D eigenvalue weighted by Gasteiger charge is 2.17. The summed E-state index contributed by atoms with van der Waals surface area (Å²) in [7, 11) is 4.25. The van der Waals surface area contributed by atoms with Crippen molar-refractivity contribution < 1.29 is 0 Å². The lowest BCUT2D eigenvalue weighted by atomic mass is 9.84. The molecule has 0 spiro atoms. The second-order valence-electron chi connectivity index (χ2n) is 6.10. The highest BCUT2D eigenvalue weighted by Crippen LogP contribution is 2.36. The summed E-state index contributed by atoms with van der Waals surface area (Å²) in [6, 6.07) is 6.76. The van der Waals surface area contributed by atoms with Gasteiger partial charge in [0.2, 0.25) is 0 Å². The Labute approximate surface area is 123 Å². The minimum atomic E-state index is 0.706. The van der Waals surface area contributed by atoms with E-state index < -0.39 is 0 Å². The van der Waals surface area contributed by atoms with Gasteiger partial charge >= 0.3 is 0 Å². The molecule has 1 saturated carbocycles. The average molecular weight is 280 g/mol. The lowest BCUT2D eigenvalue weighted by Gasteiger charge is -2.23. The number of benzene rings is 1. The van der Waals surface area contributed by atoms with Gasteiger partial charge in [-0.05, 0) is 69.4 Å². The van der Waals surface area contributed by atoms with E-state index in [1.54, 1.807) is 0 Å². The van der Waals surface area contributed by atoms with Crippen molar-refractivity contribution in [2.75, 3.05) is 20.6 Å². The fraction of sp³-hybridized carbons (Fsp3) is 0.647. The van der Waals surface area contributed by atoms with Gasteiger partial charge in [-0.3, -0.25) is 0 Å². The Kier molecular flexibility index (Phi) is 5.72. The van der Waals surface area contributed by atoms with Gasteiger partial charge in [-0.25, -0.2) is 0 Å². The molecule has 0 aromatic heterocycles. The molecule has 2 rings (SSSR count). The van der Waals surface area contributed by atoms with Crippen LogP contribution in [0, 0.1) is 0 Å². The van der Waals surface area contributed by atoms with Crippen LogP contribution in [0.15, 0.2) is 18.2 Å². The minimum Gasteiger partial charge on any atom is -0.309 e. The second-order valence-corrected chi connectivity index (χ2v) is 6.50. The van der Waals surface area contributed by atoms with Crippen LogP contribution >= 0.6 is 11.6 Å². The van der Waals surface area contributed by atoms with Crippen LogP contribution in [-0.4, -0.2) is 25.5 Å². The van der Waals surface area contributed by atoms with E-state index in [2.05, 4.69) is 37.2 Å². The van der Waals surface area contributed by atoms with Gasteiger partial charge in [0, 0.05) is 5.02 Å². The van der Waals surface area contributed by atoms with E-state index in [4.69, 9.17) is 11.6 Å². The molecular weight excluding hydrogens is 254 g/mol. The second kappa shape index (κ2) is 7.31. The molecule has 1 aromatic rings. The molecule has 0 heterocycles. The molecule has 1 aromatic carbocycles. The van der Waals surface area contributed by atoms with Crippen molar-refractivity contribution in [3.63, 3.8) is 0 Å². The van der Waals surface area contributed by atoms with Crippen LogP contribution in [0.5, 0.6) is 0 Å². The fourth-order valence-corrected chi connectivity index (χ4v) is 3.43. The van der Waals surface area contributed by atoms with E-state index in [1.165, 1.54) is 49.7 Å². The first-order chi connectivity index (χ1) is 9.16. The van der Waals surface area contributed by atoms with Gasteiger partial charge in [0.15, 0.2) is 0 Å². The Balaban J connectivity index is 1.96. The number of halogens is 1. The standard InChI is InChI=1S/C17H26ClN/c1-19(2)12-6-7-14-10-11-16(17(18)13-14)15-8-4-3-5-9-15/h10-11,13,15H,3-9,12H2,1-2H3. The van der Waals surface area contributed by atoms with Crippen molar-refractivity contribution in [2.24, 2.45) is 0 Å². The molecule has 106 valence electrons. The van der Waals surface area contributed by atoms with Crippen LogP contribution in [0.25, 0.3) is 0 Å². The minimum absolute atomic E-state index is 0.706. The summed E-state index contributed by atoms with van der Waals surface area (Å²) in [4.78, 5) is 2.23.